The predicted octanol–water partition coefficient (Wildman–Crippen LogP) is -12.4. The maximum absolute atomic E-state index is 14.5. The number of carboxylic acids is 7. The summed E-state index contributed by atoms with van der Waals surface area (Å²) in [6.45, 7) is 7.75. The standard InChI is InChI=1S/C85H150N24O28/c1-61(110)45-94-9-17-98(49-73(118)119)25-33-106(34-26-99(18-10-94)50-74(120)121)65(5)81(134)86-41-69(114)90-57-85(58-91-70(115)42-87-82(135)66(6)107-35-27-100(51-75(122)123)19-11-95(46-62(2)111)12-20-101(28-36-107)52-76(124)125,59-92-71(116)43-88-83(136)67(7)108-37-29-102(53-77(126)127)21-13-96(47-63(3)112)14-22-103(30-38-108)54-78(128)129)60-93-72(117)44-89-84(137)68(8)109-39-31-104(55-79(130)131)23-15-97(48-64(4)113)16-24-105(32-40-109)56-80(132)133/h65-68,73,118-119H,9-60H2,1-8H3,(H,86,134)(H,87,135)(H,88,136)(H,89,137)(H,90,114)(H,91,115)(H,92,116)(H,93,117)(H,120,121)(H,122,123)(H,124,125)(H,126,127)(H,128,129)(H,130,131)(H,132,133)/t65-,66-,67-,68-/m1/s1. The van der Waals surface area contributed by atoms with Crippen LogP contribution in [0.15, 0.2) is 0 Å². The number of carboxylic acid groups (broad SMARTS) is 7. The highest BCUT2D eigenvalue weighted by Gasteiger charge is 2.37. The number of aliphatic carboxylic acids is 7. The molecule has 0 aliphatic carbocycles. The van der Waals surface area contributed by atoms with E-state index >= 15 is 0 Å². The number of aliphatic hydroxyl groups is 2. The van der Waals surface area contributed by atoms with Crippen molar-refractivity contribution in [3.63, 3.8) is 0 Å². The fourth-order valence-electron chi connectivity index (χ4n) is 16.2. The summed E-state index contributed by atoms with van der Waals surface area (Å²) >= 11 is 0. The summed E-state index contributed by atoms with van der Waals surface area (Å²) in [4.78, 5) is 277. The van der Waals surface area contributed by atoms with Crippen LogP contribution in [0.2, 0.25) is 0 Å². The average molecular weight is 1960 g/mol. The van der Waals surface area contributed by atoms with E-state index in [1.54, 1.807) is 73.5 Å². The molecule has 52 heteroatoms. The molecule has 4 aliphatic heterocycles. The van der Waals surface area contributed by atoms with Gasteiger partial charge >= 0.3 is 41.8 Å². The van der Waals surface area contributed by atoms with E-state index in [1.807, 2.05) is 4.90 Å². The summed E-state index contributed by atoms with van der Waals surface area (Å²) in [5, 5.41) is 111. The Morgan fingerprint density at radius 3 is 0.504 bits per heavy atom. The molecule has 4 fully saturated rings. The maximum atomic E-state index is 14.5. The van der Waals surface area contributed by atoms with Crippen LogP contribution in [0.3, 0.4) is 0 Å². The second-order valence-electron chi connectivity index (χ2n) is 35.7. The molecule has 0 spiro atoms. The van der Waals surface area contributed by atoms with Crippen LogP contribution in [0.5, 0.6) is 0 Å². The van der Waals surface area contributed by atoms with Crippen LogP contribution in [0.4, 0.5) is 0 Å². The van der Waals surface area contributed by atoms with E-state index in [0.717, 1.165) is 0 Å². The molecule has 17 N–H and O–H groups in total. The van der Waals surface area contributed by atoms with Gasteiger partial charge in [0.1, 0.15) is 23.1 Å². The zero-order chi connectivity index (χ0) is 102. The molecule has 4 aliphatic rings. The third kappa shape index (κ3) is 51.5. The molecule has 52 nitrogen and oxygen atoms in total. The van der Waals surface area contributed by atoms with Crippen molar-refractivity contribution in [2.75, 3.05) is 340 Å². The van der Waals surface area contributed by atoms with Gasteiger partial charge in [0, 0.05) is 248 Å². The lowest BCUT2D eigenvalue weighted by atomic mass is 9.86. The number of nitrogens with one attached hydrogen (secondary N) is 8. The molecule has 0 aromatic carbocycles. The van der Waals surface area contributed by atoms with E-state index in [0.29, 0.717) is 0 Å². The maximum Gasteiger partial charge on any atom is 0.317 e. The second-order valence-corrected chi connectivity index (χ2v) is 35.7. The number of hydrogen-bond donors (Lipinski definition) is 17. The summed E-state index contributed by atoms with van der Waals surface area (Å²) < 4.78 is 0. The number of ketones is 4. The average Bonchev–Trinajstić information content (AvgIpc) is 0.831. The molecule has 0 aromatic rings. The number of nitrogens with zero attached hydrogens (tertiary/aromatic N) is 16. The molecule has 8 amide bonds. The predicted molar refractivity (Wildman–Crippen MR) is 492 cm³/mol. The second kappa shape index (κ2) is 63.6. The molecular weight excluding hydrogens is 1810 g/mol. The molecule has 4 heterocycles. The largest absolute Gasteiger partial charge is 0.480 e. The molecule has 4 atom stereocenters. The molecule has 778 valence electrons. The van der Waals surface area contributed by atoms with Gasteiger partial charge < -0.3 is 88.5 Å². The fraction of sp³-hybridized carbons (Fsp3) is 0.776. The van der Waals surface area contributed by atoms with Gasteiger partial charge in [-0.3, -0.25) is 169 Å². The van der Waals surface area contributed by atoms with E-state index in [2.05, 4.69) is 42.5 Å². The van der Waals surface area contributed by atoms with Gasteiger partial charge in [0.05, 0.1) is 122 Å². The number of carbonyl (C=O) groups is 19. The Morgan fingerprint density at radius 1 is 0.219 bits per heavy atom. The van der Waals surface area contributed by atoms with Gasteiger partial charge in [0.25, 0.3) is 0 Å². The lowest BCUT2D eigenvalue weighted by Crippen LogP contribution is -2.59. The van der Waals surface area contributed by atoms with E-state index in [1.165, 1.54) is 55.4 Å². The minimum absolute atomic E-state index is 0.0237. The van der Waals surface area contributed by atoms with Crippen LogP contribution in [0.25, 0.3) is 0 Å². The Labute approximate surface area is 798 Å². The van der Waals surface area contributed by atoms with Crippen molar-refractivity contribution < 1.29 is 137 Å². The summed E-state index contributed by atoms with van der Waals surface area (Å²) in [6.07, 6.45) is -1.78. The fourth-order valence-corrected chi connectivity index (χ4v) is 16.2. The summed E-state index contributed by atoms with van der Waals surface area (Å²) in [6, 6.07) is -4.30. The van der Waals surface area contributed by atoms with Crippen molar-refractivity contribution in [2.24, 2.45) is 5.41 Å². The first-order chi connectivity index (χ1) is 64.6. The van der Waals surface area contributed by atoms with Crippen molar-refractivity contribution in [3.8, 4) is 0 Å². The molecular formula is C85H150N24O28. The molecule has 4 saturated heterocycles. The minimum Gasteiger partial charge on any atom is -0.480 e. The lowest BCUT2D eigenvalue weighted by molar-refractivity contribution is -0.140. The van der Waals surface area contributed by atoms with E-state index in [4.69, 9.17) is 0 Å². The number of carbonyl (C=O) groups excluding carboxylic acids is 12. The zero-order valence-corrected chi connectivity index (χ0v) is 80.6. The van der Waals surface area contributed by atoms with Crippen LogP contribution >= 0.6 is 0 Å². The quantitative estimate of drug-likeness (QED) is 0.0252. The number of β-amino-alcohol motifs (C(OH)–C–C–N with tert-alkyl or cyclic N) is 2. The molecule has 0 radical (unpaired) electrons. The Balaban J connectivity index is 1.80. The summed E-state index contributed by atoms with van der Waals surface area (Å²) in [7, 11) is 0. The monoisotopic (exact) mass is 1960 g/mol. The third-order valence-electron chi connectivity index (χ3n) is 24.2. The van der Waals surface area contributed by atoms with E-state index in [9.17, 15) is 137 Å². The summed E-state index contributed by atoms with van der Waals surface area (Å²) in [5.41, 5.74) is -1.83. The molecule has 0 aromatic heterocycles. The number of hydrogen-bond acceptors (Lipinski definition) is 37. The van der Waals surface area contributed by atoms with Crippen molar-refractivity contribution in [3.05, 3.63) is 0 Å². The topological polar surface area (TPSA) is 654 Å². The molecule has 137 heavy (non-hydrogen) atoms. The molecule has 0 bridgehead atoms. The Kier molecular flexibility index (Phi) is 55.4. The van der Waals surface area contributed by atoms with E-state index in [-0.39, 0.29) is 265 Å². The number of amides is 8. The van der Waals surface area contributed by atoms with Crippen LogP contribution < -0.4 is 42.5 Å². The van der Waals surface area contributed by atoms with E-state index < -0.39 is 223 Å². The molecule has 0 unspecified atom stereocenters. The first kappa shape index (κ1) is 119. The van der Waals surface area contributed by atoms with Crippen molar-refractivity contribution in [1.29, 1.82) is 0 Å². The number of aliphatic hydroxyl groups excluding tert-OH is 1. The molecule has 4 rings (SSSR count). The highest BCUT2D eigenvalue weighted by atomic mass is 16.5. The SMILES string of the molecule is CC(=O)CN1CCN(CC(=O)O)CCN([C@H](C)C(=O)NCC(=O)NCC(CNC(=O)CNC(=O)[C@@H](C)N2CCN(CC(=O)O)CCN(CC(C)=O)CCN(CC(=O)O)CC2)(CNC(=O)CNC(=O)[C@@H](C)N2CCN(CC(=O)O)CCN(CC(C)=O)CCN(CC(=O)O)CC2)CNC(=O)CNC(=O)[C@@H](C)N2CCN(CC(=O)O)CCN(CC(C)=O)CCN(CC(O)O)CC2)CCN(CC(=O)O)CC1. The number of rotatable bonds is 48. The van der Waals surface area contributed by atoms with Crippen LogP contribution in [0.1, 0.15) is 55.4 Å². The van der Waals surface area contributed by atoms with Gasteiger partial charge in [-0.25, -0.2) is 0 Å². The smallest absolute Gasteiger partial charge is 0.317 e. The van der Waals surface area contributed by atoms with Crippen molar-refractivity contribution >= 4 is 112 Å². The Hall–Kier alpha value is -9.99. The summed E-state index contributed by atoms with van der Waals surface area (Å²) in [5.74, 6) is -15.2. The highest BCUT2D eigenvalue weighted by molar-refractivity contribution is 5.90. The van der Waals surface area contributed by atoms with Crippen molar-refractivity contribution in [1.82, 2.24) is 121 Å². The first-order valence-electron chi connectivity index (χ1n) is 46.3. The Bertz CT molecular complexity index is 3570. The molecule has 0 saturated carbocycles. The van der Waals surface area contributed by atoms with Crippen LogP contribution in [-0.2, 0) is 91.1 Å². The van der Waals surface area contributed by atoms with Gasteiger partial charge in [0.2, 0.25) is 47.3 Å². The minimum atomic E-state index is -1.83. The highest BCUT2D eigenvalue weighted by Crippen LogP contribution is 2.17. The van der Waals surface area contributed by atoms with Gasteiger partial charge in [-0.2, -0.15) is 0 Å². The Morgan fingerprint density at radius 2 is 0.358 bits per heavy atom. The normalized spacial score (nSPS) is 19.4. The van der Waals surface area contributed by atoms with Gasteiger partial charge in [-0.1, -0.05) is 0 Å². The number of Topliss-reactive ketones (excluding diaryl/α,β-unsaturated/α-hetero) is 4. The third-order valence-corrected chi connectivity index (χ3v) is 24.2. The lowest BCUT2D eigenvalue weighted by Gasteiger charge is -2.36. The van der Waals surface area contributed by atoms with Gasteiger partial charge in [-0.15, -0.1) is 0 Å². The zero-order valence-electron chi connectivity index (χ0n) is 80.6. The van der Waals surface area contributed by atoms with Crippen LogP contribution in [0, 0.1) is 5.41 Å². The first-order valence-corrected chi connectivity index (χ1v) is 46.3. The van der Waals surface area contributed by atoms with Crippen LogP contribution in [-0.4, -0.2) is 607 Å². The van der Waals surface area contributed by atoms with Crippen molar-refractivity contribution in [2.45, 2.75) is 85.8 Å². The van der Waals surface area contributed by atoms with Gasteiger partial charge in [0.15, 0.2) is 6.29 Å². The van der Waals surface area contributed by atoms with Gasteiger partial charge in [-0.05, 0) is 55.4 Å².